The number of methoxy groups -OCH3 is 2. The van der Waals surface area contributed by atoms with Crippen molar-refractivity contribution in [2.24, 2.45) is 0 Å². The molecule has 0 saturated heterocycles. The Morgan fingerprint density at radius 3 is 2.50 bits per heavy atom. The molecule has 0 bridgehead atoms. The Bertz CT molecular complexity index is 891. The molecule has 0 aliphatic heterocycles. The first-order chi connectivity index (χ1) is 10.6. The molecule has 3 rings (SSSR count). The summed E-state index contributed by atoms with van der Waals surface area (Å²) in [7, 11) is 3.07. The van der Waals surface area contributed by atoms with Gasteiger partial charge in [-0.05, 0) is 19.9 Å². The summed E-state index contributed by atoms with van der Waals surface area (Å²) in [6, 6.07) is 3.34. The number of furan rings is 1. The van der Waals surface area contributed by atoms with E-state index in [4.69, 9.17) is 18.3 Å². The third-order valence-electron chi connectivity index (χ3n) is 3.36. The van der Waals surface area contributed by atoms with Gasteiger partial charge >= 0.3 is 5.63 Å². The van der Waals surface area contributed by atoms with E-state index in [9.17, 15) is 4.79 Å². The zero-order chi connectivity index (χ0) is 15.9. The topological polar surface area (TPSA) is 73.8 Å². The fourth-order valence-corrected chi connectivity index (χ4v) is 2.60. The maximum atomic E-state index is 11.9. The van der Waals surface area contributed by atoms with Crippen molar-refractivity contribution < 1.29 is 18.3 Å². The van der Waals surface area contributed by atoms with Crippen LogP contribution in [0, 0.1) is 0 Å². The van der Waals surface area contributed by atoms with Crippen molar-refractivity contribution in [3.63, 3.8) is 0 Å². The van der Waals surface area contributed by atoms with Crippen LogP contribution in [-0.2, 0) is 0 Å². The van der Waals surface area contributed by atoms with E-state index in [0.717, 1.165) is 5.39 Å². The third kappa shape index (κ3) is 2.07. The average molecular weight is 303 g/mol. The summed E-state index contributed by atoms with van der Waals surface area (Å²) in [4.78, 5) is 11.9. The molecule has 0 unspecified atom stereocenters. The van der Waals surface area contributed by atoms with Crippen molar-refractivity contribution in [3.8, 4) is 11.5 Å². The first kappa shape index (κ1) is 14.3. The summed E-state index contributed by atoms with van der Waals surface area (Å²) < 4.78 is 21.8. The van der Waals surface area contributed by atoms with Gasteiger partial charge < -0.3 is 23.6 Å². The first-order valence-electron chi connectivity index (χ1n) is 6.92. The number of ether oxygens (including phenoxy) is 2. The highest BCUT2D eigenvalue weighted by Gasteiger charge is 2.23. The zero-order valence-electron chi connectivity index (χ0n) is 12.9. The van der Waals surface area contributed by atoms with E-state index in [1.165, 1.54) is 13.2 Å². The molecular formula is C16H17NO5. The van der Waals surface area contributed by atoms with Crippen LogP contribution >= 0.6 is 0 Å². The maximum absolute atomic E-state index is 11.9. The summed E-state index contributed by atoms with van der Waals surface area (Å²) in [5.41, 5.74) is 0.954. The molecule has 2 aromatic heterocycles. The Morgan fingerprint density at radius 2 is 1.86 bits per heavy atom. The lowest BCUT2D eigenvalue weighted by molar-refractivity contribution is 0.398. The fourth-order valence-electron chi connectivity index (χ4n) is 2.60. The minimum atomic E-state index is -0.470. The van der Waals surface area contributed by atoms with Crippen molar-refractivity contribution in [1.82, 2.24) is 0 Å². The van der Waals surface area contributed by atoms with Crippen molar-refractivity contribution in [1.29, 1.82) is 0 Å². The van der Waals surface area contributed by atoms with Crippen LogP contribution < -0.4 is 20.4 Å². The van der Waals surface area contributed by atoms with Gasteiger partial charge in [-0.2, -0.15) is 0 Å². The molecule has 1 N–H and O–H groups in total. The second-order valence-electron chi connectivity index (χ2n) is 5.21. The van der Waals surface area contributed by atoms with E-state index in [2.05, 4.69) is 5.32 Å². The minimum Gasteiger partial charge on any atom is -0.495 e. The van der Waals surface area contributed by atoms with Gasteiger partial charge in [0, 0.05) is 12.1 Å². The highest BCUT2D eigenvalue weighted by molar-refractivity contribution is 6.11. The van der Waals surface area contributed by atoms with Crippen molar-refractivity contribution in [3.05, 3.63) is 28.8 Å². The molecule has 0 spiro atoms. The molecular weight excluding hydrogens is 286 g/mol. The summed E-state index contributed by atoms with van der Waals surface area (Å²) in [6.07, 6.45) is 1.54. The molecule has 22 heavy (non-hydrogen) atoms. The Balaban J connectivity index is 2.54. The minimum absolute atomic E-state index is 0.140. The number of fused-ring (bicyclic) bond motifs is 2. The van der Waals surface area contributed by atoms with Crippen LogP contribution in [0.5, 0.6) is 11.5 Å². The summed E-state index contributed by atoms with van der Waals surface area (Å²) >= 11 is 0. The van der Waals surface area contributed by atoms with E-state index in [1.54, 1.807) is 19.4 Å². The summed E-state index contributed by atoms with van der Waals surface area (Å²) in [5, 5.41) is 4.66. The molecule has 0 aliphatic rings. The maximum Gasteiger partial charge on any atom is 0.338 e. The lowest BCUT2D eigenvalue weighted by atomic mass is 10.1. The monoisotopic (exact) mass is 303 g/mol. The number of hydrogen-bond acceptors (Lipinski definition) is 6. The third-order valence-corrected chi connectivity index (χ3v) is 3.36. The molecule has 3 aromatic rings. The molecule has 0 radical (unpaired) electrons. The quantitative estimate of drug-likeness (QED) is 0.745. The van der Waals surface area contributed by atoms with Crippen LogP contribution in [0.25, 0.3) is 21.9 Å². The molecule has 116 valence electrons. The zero-order valence-corrected chi connectivity index (χ0v) is 12.9. The van der Waals surface area contributed by atoms with Crippen LogP contribution in [-0.4, -0.2) is 20.3 Å². The van der Waals surface area contributed by atoms with Crippen LogP contribution in [0.2, 0.25) is 0 Å². The van der Waals surface area contributed by atoms with Gasteiger partial charge in [-0.3, -0.25) is 0 Å². The average Bonchev–Trinajstić information content (AvgIpc) is 2.93. The van der Waals surface area contributed by atoms with Crippen molar-refractivity contribution in [2.45, 2.75) is 19.9 Å². The molecule has 6 heteroatoms. The Morgan fingerprint density at radius 1 is 1.14 bits per heavy atom. The molecule has 6 nitrogen and oxygen atoms in total. The summed E-state index contributed by atoms with van der Waals surface area (Å²) in [5.74, 6) is 0.951. The second-order valence-corrected chi connectivity index (χ2v) is 5.21. The molecule has 1 aromatic carbocycles. The van der Waals surface area contributed by atoms with Gasteiger partial charge in [0.25, 0.3) is 0 Å². The molecule has 0 saturated carbocycles. The Hall–Kier alpha value is -2.63. The van der Waals surface area contributed by atoms with Gasteiger partial charge in [-0.15, -0.1) is 0 Å². The van der Waals surface area contributed by atoms with Crippen LogP contribution in [0.15, 0.2) is 32.0 Å². The predicted molar refractivity (Wildman–Crippen MR) is 84.1 cm³/mol. The summed E-state index contributed by atoms with van der Waals surface area (Å²) in [6.45, 7) is 3.97. The smallest absolute Gasteiger partial charge is 0.338 e. The standard InChI is InChI=1S/C16H17NO5/c1-8(2)17-10-7-11(18)22-15-12(10)13(19-3)9-5-6-21-14(9)16(15)20-4/h5-8,17H,1-4H3. The molecule has 0 atom stereocenters. The number of anilines is 1. The Kier molecular flexibility index (Phi) is 3.44. The number of rotatable bonds is 4. The van der Waals surface area contributed by atoms with Crippen LogP contribution in [0.1, 0.15) is 13.8 Å². The van der Waals surface area contributed by atoms with Gasteiger partial charge in [-0.25, -0.2) is 4.79 Å². The number of benzene rings is 1. The number of nitrogens with one attached hydrogen (secondary N) is 1. The Labute approximate surface area is 126 Å². The lowest BCUT2D eigenvalue weighted by Crippen LogP contribution is -2.13. The van der Waals surface area contributed by atoms with E-state index >= 15 is 0 Å². The molecule has 0 fully saturated rings. The van der Waals surface area contributed by atoms with Gasteiger partial charge in [0.15, 0.2) is 11.2 Å². The van der Waals surface area contributed by atoms with E-state index < -0.39 is 5.63 Å². The molecule has 0 aliphatic carbocycles. The van der Waals surface area contributed by atoms with E-state index in [1.807, 2.05) is 13.8 Å². The number of hydrogen-bond donors (Lipinski definition) is 1. The van der Waals surface area contributed by atoms with E-state index in [0.29, 0.717) is 33.7 Å². The van der Waals surface area contributed by atoms with E-state index in [-0.39, 0.29) is 6.04 Å². The molecule has 2 heterocycles. The van der Waals surface area contributed by atoms with Crippen LogP contribution in [0.3, 0.4) is 0 Å². The predicted octanol–water partition coefficient (Wildman–Crippen LogP) is 3.38. The van der Waals surface area contributed by atoms with Gasteiger partial charge in [0.2, 0.25) is 5.75 Å². The molecule has 0 amide bonds. The second kappa shape index (κ2) is 5.29. The van der Waals surface area contributed by atoms with Gasteiger partial charge in [0.1, 0.15) is 5.75 Å². The fraction of sp³-hybridized carbons (Fsp3) is 0.312. The lowest BCUT2D eigenvalue weighted by Gasteiger charge is -2.16. The SMILES string of the molecule is COc1c2occc2c(OC)c2c(NC(C)C)cc(=O)oc12. The highest BCUT2D eigenvalue weighted by atomic mass is 16.5. The van der Waals surface area contributed by atoms with Crippen molar-refractivity contribution >= 4 is 27.6 Å². The van der Waals surface area contributed by atoms with Crippen molar-refractivity contribution in [2.75, 3.05) is 19.5 Å². The van der Waals surface area contributed by atoms with Gasteiger partial charge in [0.05, 0.1) is 36.9 Å². The normalized spacial score (nSPS) is 11.3. The van der Waals surface area contributed by atoms with Crippen LogP contribution in [0.4, 0.5) is 5.69 Å². The highest BCUT2D eigenvalue weighted by Crippen LogP contribution is 2.45. The first-order valence-corrected chi connectivity index (χ1v) is 6.92. The largest absolute Gasteiger partial charge is 0.495 e. The van der Waals surface area contributed by atoms with Gasteiger partial charge in [-0.1, -0.05) is 0 Å².